The normalized spacial score (nSPS) is 14.9. The summed E-state index contributed by atoms with van der Waals surface area (Å²) in [6.07, 6.45) is 3.29. The topological polar surface area (TPSA) is 191 Å². The van der Waals surface area contributed by atoms with E-state index in [4.69, 9.17) is 18.9 Å². The van der Waals surface area contributed by atoms with E-state index in [1.807, 2.05) is 9.80 Å². The van der Waals surface area contributed by atoms with Crippen molar-refractivity contribution in [2.45, 2.75) is 0 Å². The number of anilines is 2. The van der Waals surface area contributed by atoms with E-state index in [-0.39, 0.29) is 0 Å². The fourth-order valence-electron chi connectivity index (χ4n) is 4.61. The number of ether oxygens (including phenoxy) is 4. The van der Waals surface area contributed by atoms with Gasteiger partial charge in [0.05, 0.1) is 47.7 Å². The molecule has 0 aromatic carbocycles. The molecule has 2 saturated heterocycles. The number of aromatic nitrogens is 10. The van der Waals surface area contributed by atoms with Gasteiger partial charge in [-0.1, -0.05) is 0 Å². The van der Waals surface area contributed by atoms with Crippen molar-refractivity contribution in [2.75, 3.05) is 76.6 Å². The first-order chi connectivity index (χ1) is 21.4. The summed E-state index contributed by atoms with van der Waals surface area (Å²) in [4.78, 5) is 38.4. The van der Waals surface area contributed by atoms with Crippen molar-refractivity contribution in [3.8, 4) is 22.8 Å². The quantitative estimate of drug-likeness (QED) is 0.261. The SMILES string of the molecule is COC(=O)c1cc(-c2nnn(C)n2)cnc1N1CCOCC1.COC(=O)c1cc(-c2nnnn2C)cnc1N1CCOCC1. The summed E-state index contributed by atoms with van der Waals surface area (Å²) in [6.45, 7) is 5.16. The van der Waals surface area contributed by atoms with Gasteiger partial charge < -0.3 is 28.7 Å². The third kappa shape index (κ3) is 6.76. The molecule has 2 fully saturated rings. The molecular formula is C26H32N12O6. The molecule has 0 unspecified atom stereocenters. The summed E-state index contributed by atoms with van der Waals surface area (Å²) >= 11 is 0. The van der Waals surface area contributed by atoms with Gasteiger partial charge in [-0.25, -0.2) is 24.2 Å². The molecule has 0 spiro atoms. The Kier molecular flexibility index (Phi) is 9.60. The van der Waals surface area contributed by atoms with E-state index < -0.39 is 11.9 Å². The molecule has 6 heterocycles. The lowest BCUT2D eigenvalue weighted by molar-refractivity contribution is 0.0591. The number of rotatable bonds is 6. The van der Waals surface area contributed by atoms with Gasteiger partial charge in [0.15, 0.2) is 5.82 Å². The number of tetrazole rings is 2. The zero-order valence-corrected chi connectivity index (χ0v) is 24.8. The Morgan fingerprint density at radius 1 is 0.750 bits per heavy atom. The van der Waals surface area contributed by atoms with Crippen LogP contribution >= 0.6 is 0 Å². The Morgan fingerprint density at radius 3 is 1.73 bits per heavy atom. The van der Waals surface area contributed by atoms with Gasteiger partial charge in [0.25, 0.3) is 0 Å². The predicted octanol–water partition coefficient (Wildman–Crippen LogP) is -0.209. The Balaban J connectivity index is 0.000000175. The molecule has 6 rings (SSSR count). The molecular weight excluding hydrogens is 576 g/mol. The molecule has 18 nitrogen and oxygen atoms in total. The second-order valence-corrected chi connectivity index (χ2v) is 9.60. The third-order valence-electron chi connectivity index (χ3n) is 6.81. The van der Waals surface area contributed by atoms with Crippen LogP contribution in [0.1, 0.15) is 20.7 Å². The van der Waals surface area contributed by atoms with Crippen molar-refractivity contribution in [3.05, 3.63) is 35.7 Å². The Labute approximate surface area is 251 Å². The fourth-order valence-corrected chi connectivity index (χ4v) is 4.61. The number of hydrogen-bond donors (Lipinski definition) is 0. The molecule has 0 aliphatic carbocycles. The lowest BCUT2D eigenvalue weighted by Gasteiger charge is -2.29. The molecule has 0 bridgehead atoms. The van der Waals surface area contributed by atoms with Crippen LogP contribution in [0.15, 0.2) is 24.5 Å². The van der Waals surface area contributed by atoms with E-state index in [1.54, 1.807) is 38.6 Å². The molecule has 18 heteroatoms. The number of hydrogen-bond acceptors (Lipinski definition) is 16. The van der Waals surface area contributed by atoms with E-state index >= 15 is 0 Å². The Morgan fingerprint density at radius 2 is 1.27 bits per heavy atom. The van der Waals surface area contributed by atoms with Gasteiger partial charge in [0.1, 0.15) is 22.8 Å². The van der Waals surface area contributed by atoms with E-state index in [0.717, 1.165) is 0 Å². The van der Waals surface area contributed by atoms with Crippen LogP contribution in [-0.4, -0.2) is 129 Å². The van der Waals surface area contributed by atoms with Gasteiger partial charge in [0, 0.05) is 56.7 Å². The number of morpholine rings is 2. The molecule has 0 N–H and O–H groups in total. The molecule has 44 heavy (non-hydrogen) atoms. The number of nitrogens with zero attached hydrogens (tertiary/aromatic N) is 12. The zero-order chi connectivity index (χ0) is 31.1. The van der Waals surface area contributed by atoms with Crippen LogP contribution in [-0.2, 0) is 33.0 Å². The molecule has 232 valence electrons. The minimum absolute atomic E-state index is 0.384. The molecule has 0 saturated carbocycles. The molecule has 0 amide bonds. The number of esters is 2. The van der Waals surface area contributed by atoms with Crippen LogP contribution in [0.5, 0.6) is 0 Å². The zero-order valence-electron chi connectivity index (χ0n) is 24.8. The van der Waals surface area contributed by atoms with Crippen LogP contribution in [0.2, 0.25) is 0 Å². The fraction of sp³-hybridized carbons (Fsp3) is 0.462. The second kappa shape index (κ2) is 13.9. The standard InChI is InChI=1S/2C13H16N6O3/c1-18-11(15-16-17-18)9-7-10(13(20)21-2)12(14-8-9)19-3-5-22-6-4-19;1-18-16-11(15-17-18)9-7-10(13(20)21-2)12(14-8-9)19-3-5-22-6-4-19/h2*7-8H,3-6H2,1-2H3. The summed E-state index contributed by atoms with van der Waals surface area (Å²) < 4.78 is 21.9. The summed E-state index contributed by atoms with van der Waals surface area (Å²) in [5.41, 5.74) is 2.05. The average Bonchev–Trinajstić information content (AvgIpc) is 3.72. The van der Waals surface area contributed by atoms with Gasteiger partial charge in [-0.3, -0.25) is 0 Å². The minimum atomic E-state index is -0.445. The van der Waals surface area contributed by atoms with Gasteiger partial charge in [-0.2, -0.15) is 4.80 Å². The highest BCUT2D eigenvalue weighted by molar-refractivity contribution is 5.96. The first-order valence-electron chi connectivity index (χ1n) is 13.7. The summed E-state index contributed by atoms with van der Waals surface area (Å²) in [5, 5.41) is 23.1. The smallest absolute Gasteiger partial charge is 0.341 e. The van der Waals surface area contributed by atoms with Crippen molar-refractivity contribution >= 4 is 23.6 Å². The highest BCUT2D eigenvalue weighted by Gasteiger charge is 2.24. The molecule has 2 aliphatic rings. The largest absolute Gasteiger partial charge is 0.465 e. The molecule has 4 aromatic rings. The highest BCUT2D eigenvalue weighted by Crippen LogP contribution is 2.26. The maximum absolute atomic E-state index is 12.1. The maximum Gasteiger partial charge on any atom is 0.341 e. The van der Waals surface area contributed by atoms with Crippen molar-refractivity contribution in [2.24, 2.45) is 14.1 Å². The number of pyridine rings is 2. The monoisotopic (exact) mass is 608 g/mol. The van der Waals surface area contributed by atoms with Crippen LogP contribution in [0, 0.1) is 0 Å². The van der Waals surface area contributed by atoms with E-state index in [1.165, 1.54) is 23.7 Å². The van der Waals surface area contributed by atoms with Crippen molar-refractivity contribution in [1.29, 1.82) is 0 Å². The van der Waals surface area contributed by atoms with Crippen LogP contribution in [0.4, 0.5) is 11.6 Å². The van der Waals surface area contributed by atoms with Crippen LogP contribution in [0.3, 0.4) is 0 Å². The summed E-state index contributed by atoms with van der Waals surface area (Å²) in [6, 6.07) is 3.38. The Hall–Kier alpha value is -5.10. The number of carbonyl (C=O) groups is 2. The van der Waals surface area contributed by atoms with Gasteiger partial charge in [-0.05, 0) is 27.8 Å². The third-order valence-corrected chi connectivity index (χ3v) is 6.81. The first-order valence-corrected chi connectivity index (χ1v) is 13.7. The first kappa shape index (κ1) is 30.4. The average molecular weight is 609 g/mol. The van der Waals surface area contributed by atoms with E-state index in [0.29, 0.717) is 98.1 Å². The van der Waals surface area contributed by atoms with Crippen LogP contribution in [0.25, 0.3) is 22.8 Å². The maximum atomic E-state index is 12.1. The van der Waals surface area contributed by atoms with Gasteiger partial charge in [0.2, 0.25) is 5.82 Å². The molecule has 0 radical (unpaired) electrons. The number of carbonyl (C=O) groups excluding carboxylic acids is 2. The predicted molar refractivity (Wildman–Crippen MR) is 153 cm³/mol. The lowest BCUT2D eigenvalue weighted by atomic mass is 10.1. The van der Waals surface area contributed by atoms with E-state index in [9.17, 15) is 9.59 Å². The molecule has 2 aliphatic heterocycles. The number of methoxy groups -OCH3 is 2. The van der Waals surface area contributed by atoms with E-state index in [2.05, 4.69) is 40.9 Å². The molecule has 0 atom stereocenters. The summed E-state index contributed by atoms with van der Waals surface area (Å²) in [5.74, 6) is 1.24. The Bertz CT molecular complexity index is 1600. The second-order valence-electron chi connectivity index (χ2n) is 9.60. The van der Waals surface area contributed by atoms with Gasteiger partial charge in [-0.15, -0.1) is 15.3 Å². The van der Waals surface area contributed by atoms with Gasteiger partial charge >= 0.3 is 11.9 Å². The van der Waals surface area contributed by atoms with Crippen molar-refractivity contribution in [1.82, 2.24) is 50.4 Å². The minimum Gasteiger partial charge on any atom is -0.465 e. The van der Waals surface area contributed by atoms with Crippen LogP contribution < -0.4 is 9.80 Å². The van der Waals surface area contributed by atoms with Crippen molar-refractivity contribution < 1.29 is 28.5 Å². The lowest BCUT2D eigenvalue weighted by Crippen LogP contribution is -2.37. The van der Waals surface area contributed by atoms with Crippen molar-refractivity contribution in [3.63, 3.8) is 0 Å². The molecule has 4 aromatic heterocycles. The summed E-state index contributed by atoms with van der Waals surface area (Å²) in [7, 11) is 6.09. The number of aryl methyl sites for hydroxylation is 2. The highest BCUT2D eigenvalue weighted by atomic mass is 16.5.